The number of hydrogen-bond donors (Lipinski definition) is 0. The van der Waals surface area contributed by atoms with Crippen LogP contribution in [0, 0.1) is 0 Å². The van der Waals surface area contributed by atoms with Crippen LogP contribution in [0.15, 0.2) is 60.8 Å². The van der Waals surface area contributed by atoms with Gasteiger partial charge in [0.1, 0.15) is 5.75 Å². The molecular weight excluding hydrogens is 262 g/mol. The number of ether oxygens (including phenoxy) is 1. The third-order valence-electron chi connectivity index (χ3n) is 3.32. The Morgan fingerprint density at radius 1 is 1.05 bits per heavy atom. The summed E-state index contributed by atoms with van der Waals surface area (Å²) in [6.45, 7) is 2.55. The molecule has 0 atom stereocenters. The van der Waals surface area contributed by atoms with Crippen LogP contribution in [0.25, 0.3) is 10.9 Å². The first-order valence-electron chi connectivity index (χ1n) is 6.91. The Balaban J connectivity index is 2.00. The topological polar surface area (TPSA) is 39.2 Å². The first kappa shape index (κ1) is 13.3. The fraction of sp³-hybridized carbons (Fsp3) is 0.111. The fourth-order valence-electron chi connectivity index (χ4n) is 2.33. The molecule has 0 fully saturated rings. The van der Waals surface area contributed by atoms with Gasteiger partial charge in [0, 0.05) is 22.7 Å². The monoisotopic (exact) mass is 277 g/mol. The van der Waals surface area contributed by atoms with Crippen LogP contribution >= 0.6 is 0 Å². The van der Waals surface area contributed by atoms with Crippen LogP contribution in [0.3, 0.4) is 0 Å². The van der Waals surface area contributed by atoms with E-state index in [0.717, 1.165) is 16.7 Å². The number of benzene rings is 2. The van der Waals surface area contributed by atoms with E-state index in [1.807, 2.05) is 49.4 Å². The third kappa shape index (κ3) is 2.63. The lowest BCUT2D eigenvalue weighted by Gasteiger charge is -2.07. The average Bonchev–Trinajstić information content (AvgIpc) is 2.55. The highest BCUT2D eigenvalue weighted by molar-refractivity contribution is 6.15. The van der Waals surface area contributed by atoms with E-state index in [1.165, 1.54) is 0 Å². The molecule has 1 aromatic heterocycles. The minimum atomic E-state index is -0.00310. The van der Waals surface area contributed by atoms with Crippen molar-refractivity contribution in [2.24, 2.45) is 0 Å². The average molecular weight is 277 g/mol. The van der Waals surface area contributed by atoms with Crippen LogP contribution in [0.5, 0.6) is 5.75 Å². The lowest BCUT2D eigenvalue weighted by molar-refractivity contribution is 0.104. The molecular formula is C18H15NO2. The molecule has 3 nitrogen and oxygen atoms in total. The molecule has 0 spiro atoms. The Morgan fingerprint density at radius 3 is 2.62 bits per heavy atom. The quantitative estimate of drug-likeness (QED) is 0.680. The second-order valence-corrected chi connectivity index (χ2v) is 4.66. The van der Waals surface area contributed by atoms with Gasteiger partial charge in [0.15, 0.2) is 5.78 Å². The zero-order valence-electron chi connectivity index (χ0n) is 11.7. The normalized spacial score (nSPS) is 10.5. The smallest absolute Gasteiger partial charge is 0.193 e. The number of rotatable bonds is 4. The Morgan fingerprint density at radius 2 is 1.86 bits per heavy atom. The summed E-state index contributed by atoms with van der Waals surface area (Å²) in [7, 11) is 0. The highest BCUT2D eigenvalue weighted by Gasteiger charge is 2.12. The zero-order chi connectivity index (χ0) is 14.7. The van der Waals surface area contributed by atoms with Gasteiger partial charge in [0.05, 0.1) is 12.1 Å². The van der Waals surface area contributed by atoms with Gasteiger partial charge in [-0.2, -0.15) is 0 Å². The van der Waals surface area contributed by atoms with Crippen LogP contribution in [0.2, 0.25) is 0 Å². The van der Waals surface area contributed by atoms with Crippen LogP contribution in [0.1, 0.15) is 22.8 Å². The summed E-state index contributed by atoms with van der Waals surface area (Å²) in [5.41, 5.74) is 2.15. The van der Waals surface area contributed by atoms with Gasteiger partial charge in [-0.3, -0.25) is 9.78 Å². The molecule has 0 saturated carbocycles. The van der Waals surface area contributed by atoms with Gasteiger partial charge in [-0.05, 0) is 43.3 Å². The molecule has 1 heterocycles. The molecule has 0 N–H and O–H groups in total. The summed E-state index contributed by atoms with van der Waals surface area (Å²) in [6.07, 6.45) is 1.73. The number of pyridine rings is 1. The minimum absolute atomic E-state index is 0.00310. The second-order valence-electron chi connectivity index (χ2n) is 4.66. The van der Waals surface area contributed by atoms with Crippen molar-refractivity contribution in [3.05, 3.63) is 71.9 Å². The molecule has 104 valence electrons. The molecule has 2 aromatic carbocycles. The first-order chi connectivity index (χ1) is 10.3. The summed E-state index contributed by atoms with van der Waals surface area (Å²) in [5, 5.41) is 0.874. The van der Waals surface area contributed by atoms with E-state index in [1.54, 1.807) is 18.3 Å². The van der Waals surface area contributed by atoms with Gasteiger partial charge in [-0.1, -0.05) is 18.2 Å². The molecule has 0 saturated heterocycles. The summed E-state index contributed by atoms with van der Waals surface area (Å²) in [5.74, 6) is 0.769. The van der Waals surface area contributed by atoms with Gasteiger partial charge in [0.2, 0.25) is 0 Å². The van der Waals surface area contributed by atoms with Crippen LogP contribution in [-0.2, 0) is 0 Å². The molecule has 0 unspecified atom stereocenters. The summed E-state index contributed by atoms with van der Waals surface area (Å²) in [6, 6.07) is 16.6. The maximum Gasteiger partial charge on any atom is 0.193 e. The van der Waals surface area contributed by atoms with Crippen molar-refractivity contribution in [2.75, 3.05) is 6.61 Å². The van der Waals surface area contributed by atoms with Crippen molar-refractivity contribution < 1.29 is 9.53 Å². The van der Waals surface area contributed by atoms with Crippen molar-refractivity contribution in [3.63, 3.8) is 0 Å². The van der Waals surface area contributed by atoms with Crippen LogP contribution in [0.4, 0.5) is 0 Å². The molecule has 0 radical (unpaired) electrons. The van der Waals surface area contributed by atoms with E-state index in [4.69, 9.17) is 4.74 Å². The summed E-state index contributed by atoms with van der Waals surface area (Å²) in [4.78, 5) is 16.9. The van der Waals surface area contributed by atoms with E-state index >= 15 is 0 Å². The van der Waals surface area contributed by atoms with Crippen molar-refractivity contribution in [3.8, 4) is 5.75 Å². The van der Waals surface area contributed by atoms with Crippen LogP contribution < -0.4 is 4.74 Å². The Hall–Kier alpha value is -2.68. The maximum atomic E-state index is 12.7. The van der Waals surface area contributed by atoms with Crippen molar-refractivity contribution in [1.29, 1.82) is 0 Å². The number of ketones is 1. The number of aromatic nitrogens is 1. The van der Waals surface area contributed by atoms with Crippen molar-refractivity contribution in [2.45, 2.75) is 6.92 Å². The molecule has 0 aliphatic carbocycles. The molecule has 3 heteroatoms. The molecule has 0 bridgehead atoms. The van der Waals surface area contributed by atoms with Gasteiger partial charge in [0.25, 0.3) is 0 Å². The SMILES string of the molecule is CCOc1ccc(C(=O)c2cccc3ncccc23)cc1. The number of hydrogen-bond acceptors (Lipinski definition) is 3. The lowest BCUT2D eigenvalue weighted by atomic mass is 9.99. The predicted molar refractivity (Wildman–Crippen MR) is 82.8 cm³/mol. The van der Waals surface area contributed by atoms with E-state index in [-0.39, 0.29) is 5.78 Å². The number of nitrogens with zero attached hydrogens (tertiary/aromatic N) is 1. The highest BCUT2D eigenvalue weighted by atomic mass is 16.5. The first-order valence-corrected chi connectivity index (χ1v) is 6.91. The standard InChI is InChI=1S/C18H15NO2/c1-2-21-14-10-8-13(9-11-14)18(20)16-5-3-7-17-15(16)6-4-12-19-17/h3-12H,2H2,1H3. The Kier molecular flexibility index (Phi) is 3.65. The fourth-order valence-corrected chi connectivity index (χ4v) is 2.33. The second kappa shape index (κ2) is 5.75. The largest absolute Gasteiger partial charge is 0.494 e. The number of carbonyl (C=O) groups is 1. The van der Waals surface area contributed by atoms with E-state index < -0.39 is 0 Å². The minimum Gasteiger partial charge on any atom is -0.494 e. The van der Waals surface area contributed by atoms with Crippen molar-refractivity contribution >= 4 is 16.7 Å². The summed E-state index contributed by atoms with van der Waals surface area (Å²) >= 11 is 0. The van der Waals surface area contributed by atoms with Gasteiger partial charge in [-0.15, -0.1) is 0 Å². The molecule has 3 rings (SSSR count). The van der Waals surface area contributed by atoms with E-state index in [2.05, 4.69) is 4.98 Å². The molecule has 0 aliphatic rings. The number of carbonyl (C=O) groups excluding carboxylic acids is 1. The predicted octanol–water partition coefficient (Wildman–Crippen LogP) is 3.86. The molecule has 0 amide bonds. The molecule has 21 heavy (non-hydrogen) atoms. The van der Waals surface area contributed by atoms with Gasteiger partial charge >= 0.3 is 0 Å². The summed E-state index contributed by atoms with van der Waals surface area (Å²) < 4.78 is 5.40. The molecule has 3 aromatic rings. The van der Waals surface area contributed by atoms with Gasteiger partial charge in [-0.25, -0.2) is 0 Å². The Bertz CT molecular complexity index is 773. The lowest BCUT2D eigenvalue weighted by Crippen LogP contribution is -2.02. The number of fused-ring (bicyclic) bond motifs is 1. The third-order valence-corrected chi connectivity index (χ3v) is 3.32. The maximum absolute atomic E-state index is 12.7. The zero-order valence-corrected chi connectivity index (χ0v) is 11.7. The van der Waals surface area contributed by atoms with E-state index in [0.29, 0.717) is 17.7 Å². The van der Waals surface area contributed by atoms with E-state index in [9.17, 15) is 4.79 Å². The highest BCUT2D eigenvalue weighted by Crippen LogP contribution is 2.21. The Labute approximate surface area is 123 Å². The van der Waals surface area contributed by atoms with Crippen LogP contribution in [-0.4, -0.2) is 17.4 Å². The molecule has 0 aliphatic heterocycles. The van der Waals surface area contributed by atoms with Crippen molar-refractivity contribution in [1.82, 2.24) is 4.98 Å². The van der Waals surface area contributed by atoms with Gasteiger partial charge < -0.3 is 4.74 Å².